The summed E-state index contributed by atoms with van der Waals surface area (Å²) in [5.41, 5.74) is 1.78. The summed E-state index contributed by atoms with van der Waals surface area (Å²) in [6.45, 7) is 0.423. The van der Waals surface area contributed by atoms with Crippen LogP contribution in [0.2, 0.25) is 0 Å². The molecule has 0 aliphatic heterocycles. The predicted octanol–water partition coefficient (Wildman–Crippen LogP) is 2.79. The molecule has 0 aliphatic carbocycles. The van der Waals surface area contributed by atoms with Crippen molar-refractivity contribution in [2.45, 2.75) is 6.54 Å². The number of nitrogens with zero attached hydrogens (tertiary/aromatic N) is 2. The smallest absolute Gasteiger partial charge is 0.330 e. The quantitative estimate of drug-likeness (QED) is 0.381. The van der Waals surface area contributed by atoms with E-state index < -0.39 is 10.9 Å². The van der Waals surface area contributed by atoms with Gasteiger partial charge in [-0.1, -0.05) is 12.1 Å². The highest BCUT2D eigenvalue weighted by Crippen LogP contribution is 2.26. The first-order chi connectivity index (χ1) is 11.1. The van der Waals surface area contributed by atoms with Gasteiger partial charge in [0.1, 0.15) is 5.69 Å². The van der Waals surface area contributed by atoms with Crippen LogP contribution in [0.4, 0.5) is 11.4 Å². The molecule has 0 saturated heterocycles. The molecule has 2 rings (SSSR count). The van der Waals surface area contributed by atoms with E-state index in [0.717, 1.165) is 5.56 Å². The number of hydrogen-bond donors (Lipinski definition) is 1. The van der Waals surface area contributed by atoms with Crippen molar-refractivity contribution in [1.82, 2.24) is 4.98 Å². The van der Waals surface area contributed by atoms with Crippen molar-refractivity contribution in [3.8, 4) is 0 Å². The van der Waals surface area contributed by atoms with E-state index in [-0.39, 0.29) is 5.69 Å². The molecule has 1 N–H and O–H groups in total. The monoisotopic (exact) mass is 313 g/mol. The number of rotatable bonds is 6. The summed E-state index contributed by atoms with van der Waals surface area (Å²) in [5, 5.41) is 14.2. The molecule has 0 radical (unpaired) electrons. The topological polar surface area (TPSA) is 94.4 Å². The Morgan fingerprint density at radius 3 is 2.91 bits per heavy atom. The lowest BCUT2D eigenvalue weighted by molar-refractivity contribution is -0.384. The number of ether oxygens (including phenoxy) is 1. The second-order valence-electron chi connectivity index (χ2n) is 4.61. The van der Waals surface area contributed by atoms with Gasteiger partial charge in [-0.05, 0) is 29.3 Å². The van der Waals surface area contributed by atoms with Crippen LogP contribution >= 0.6 is 0 Å². The maximum Gasteiger partial charge on any atom is 0.330 e. The maximum absolute atomic E-state index is 11.2. The number of nitro groups is 1. The number of esters is 1. The van der Waals surface area contributed by atoms with E-state index in [1.807, 2.05) is 6.07 Å². The zero-order chi connectivity index (χ0) is 16.7. The number of hydrogen-bond acceptors (Lipinski definition) is 6. The van der Waals surface area contributed by atoms with Gasteiger partial charge in [-0.3, -0.25) is 15.1 Å². The van der Waals surface area contributed by atoms with Crippen molar-refractivity contribution < 1.29 is 14.5 Å². The van der Waals surface area contributed by atoms with Gasteiger partial charge in [0.05, 0.1) is 12.0 Å². The number of nitrogens with one attached hydrogen (secondary N) is 1. The van der Waals surface area contributed by atoms with Gasteiger partial charge in [-0.25, -0.2) is 4.79 Å². The van der Waals surface area contributed by atoms with Crippen LogP contribution < -0.4 is 5.32 Å². The average Bonchev–Trinajstić information content (AvgIpc) is 2.58. The third-order valence-electron chi connectivity index (χ3n) is 3.04. The Hall–Kier alpha value is -3.22. The van der Waals surface area contributed by atoms with E-state index in [1.165, 1.54) is 25.3 Å². The normalized spacial score (nSPS) is 10.5. The summed E-state index contributed by atoms with van der Waals surface area (Å²) in [6, 6.07) is 8.35. The Morgan fingerprint density at radius 2 is 2.26 bits per heavy atom. The van der Waals surface area contributed by atoms with E-state index in [4.69, 9.17) is 0 Å². The third kappa shape index (κ3) is 4.63. The van der Waals surface area contributed by atoms with Gasteiger partial charge in [-0.2, -0.15) is 0 Å². The second-order valence-corrected chi connectivity index (χ2v) is 4.61. The minimum Gasteiger partial charge on any atom is -0.466 e. The van der Waals surface area contributed by atoms with Crippen LogP contribution in [-0.2, 0) is 16.1 Å². The largest absolute Gasteiger partial charge is 0.466 e. The highest BCUT2D eigenvalue weighted by Gasteiger charge is 2.13. The molecular formula is C16H15N3O4. The molecule has 1 aromatic heterocycles. The minimum absolute atomic E-state index is 0.0686. The zero-order valence-corrected chi connectivity index (χ0v) is 12.4. The summed E-state index contributed by atoms with van der Waals surface area (Å²) in [7, 11) is 1.26. The second kappa shape index (κ2) is 7.69. The van der Waals surface area contributed by atoms with Crippen molar-refractivity contribution in [3.05, 3.63) is 70.0 Å². The Morgan fingerprint density at radius 1 is 1.43 bits per heavy atom. The standard InChI is InChI=1S/C16H15N3O4/c1-23-16(20)7-5-12-4-6-14(15(9-12)19(21)22)18-11-13-3-2-8-17-10-13/h2-10,18H,11H2,1H3/b7-5+. The summed E-state index contributed by atoms with van der Waals surface area (Å²) in [6.07, 6.45) is 6.02. The van der Waals surface area contributed by atoms with E-state index >= 15 is 0 Å². The summed E-state index contributed by atoms with van der Waals surface area (Å²) >= 11 is 0. The van der Waals surface area contributed by atoms with Crippen LogP contribution in [0, 0.1) is 10.1 Å². The van der Waals surface area contributed by atoms with Crippen LogP contribution in [0.5, 0.6) is 0 Å². The van der Waals surface area contributed by atoms with Crippen LogP contribution in [-0.4, -0.2) is 23.0 Å². The number of pyridine rings is 1. The molecule has 7 heteroatoms. The Bertz CT molecular complexity index is 729. The van der Waals surface area contributed by atoms with E-state index in [1.54, 1.807) is 30.6 Å². The van der Waals surface area contributed by atoms with Gasteiger partial charge in [0, 0.05) is 31.1 Å². The first-order valence-corrected chi connectivity index (χ1v) is 6.77. The summed E-state index contributed by atoms with van der Waals surface area (Å²) < 4.78 is 4.48. The number of methoxy groups -OCH3 is 1. The zero-order valence-electron chi connectivity index (χ0n) is 12.4. The molecule has 7 nitrogen and oxygen atoms in total. The van der Waals surface area contributed by atoms with Gasteiger partial charge in [-0.15, -0.1) is 0 Å². The van der Waals surface area contributed by atoms with Crippen molar-refractivity contribution in [3.63, 3.8) is 0 Å². The van der Waals surface area contributed by atoms with Gasteiger partial charge in [0.2, 0.25) is 0 Å². The lowest BCUT2D eigenvalue weighted by Crippen LogP contribution is -2.03. The SMILES string of the molecule is COC(=O)/C=C/c1ccc(NCc2cccnc2)c([N+](=O)[O-])c1. The van der Waals surface area contributed by atoms with Crippen molar-refractivity contribution in [2.24, 2.45) is 0 Å². The van der Waals surface area contributed by atoms with Crippen LogP contribution in [0.25, 0.3) is 6.08 Å². The Kier molecular flexibility index (Phi) is 5.40. The first kappa shape index (κ1) is 16.2. The van der Waals surface area contributed by atoms with E-state index in [2.05, 4.69) is 15.0 Å². The number of nitro benzene ring substituents is 1. The van der Waals surface area contributed by atoms with Crippen molar-refractivity contribution in [1.29, 1.82) is 0 Å². The lowest BCUT2D eigenvalue weighted by atomic mass is 10.1. The Balaban J connectivity index is 2.18. The summed E-state index contributed by atoms with van der Waals surface area (Å²) in [4.78, 5) is 25.8. The molecule has 1 aromatic carbocycles. The molecular weight excluding hydrogens is 298 g/mol. The van der Waals surface area contributed by atoms with Crippen molar-refractivity contribution >= 4 is 23.4 Å². The minimum atomic E-state index is -0.522. The molecule has 2 aromatic rings. The third-order valence-corrected chi connectivity index (χ3v) is 3.04. The van der Waals surface area contributed by atoms with E-state index in [9.17, 15) is 14.9 Å². The fourth-order valence-electron chi connectivity index (χ4n) is 1.89. The molecule has 118 valence electrons. The molecule has 0 unspecified atom stereocenters. The number of benzene rings is 1. The molecule has 1 heterocycles. The predicted molar refractivity (Wildman–Crippen MR) is 85.7 cm³/mol. The molecule has 0 atom stereocenters. The van der Waals surface area contributed by atoms with Crippen molar-refractivity contribution in [2.75, 3.05) is 12.4 Å². The Labute approximate surface area is 132 Å². The number of carbonyl (C=O) groups excluding carboxylic acids is 1. The van der Waals surface area contributed by atoms with Gasteiger partial charge in [0.25, 0.3) is 5.69 Å². The average molecular weight is 313 g/mol. The maximum atomic E-state index is 11.2. The number of anilines is 1. The highest BCUT2D eigenvalue weighted by atomic mass is 16.6. The molecule has 0 fully saturated rings. The molecule has 0 spiro atoms. The number of aromatic nitrogens is 1. The summed E-state index contributed by atoms with van der Waals surface area (Å²) in [5.74, 6) is -0.522. The molecule has 0 amide bonds. The fraction of sp³-hybridized carbons (Fsp3) is 0.125. The molecule has 23 heavy (non-hydrogen) atoms. The van der Waals surface area contributed by atoms with Crippen LogP contribution in [0.3, 0.4) is 0 Å². The fourth-order valence-corrected chi connectivity index (χ4v) is 1.89. The molecule has 0 bridgehead atoms. The lowest BCUT2D eigenvalue weighted by Gasteiger charge is -2.07. The van der Waals surface area contributed by atoms with Crippen LogP contribution in [0.1, 0.15) is 11.1 Å². The first-order valence-electron chi connectivity index (χ1n) is 6.77. The van der Waals surface area contributed by atoms with Gasteiger partial charge < -0.3 is 10.1 Å². The van der Waals surface area contributed by atoms with Gasteiger partial charge in [0.15, 0.2) is 0 Å². The molecule has 0 aliphatic rings. The van der Waals surface area contributed by atoms with Crippen LogP contribution in [0.15, 0.2) is 48.8 Å². The molecule has 0 saturated carbocycles. The van der Waals surface area contributed by atoms with Gasteiger partial charge >= 0.3 is 5.97 Å². The highest BCUT2D eigenvalue weighted by molar-refractivity contribution is 5.87. The number of carbonyl (C=O) groups is 1. The van der Waals surface area contributed by atoms with E-state index in [0.29, 0.717) is 17.8 Å².